The zero-order valence-electron chi connectivity index (χ0n) is 12.6. The predicted molar refractivity (Wildman–Crippen MR) is 84.2 cm³/mol. The maximum Gasteiger partial charge on any atom is 0.154 e. The zero-order valence-corrected chi connectivity index (χ0v) is 14.3. The lowest BCUT2D eigenvalue weighted by Crippen LogP contribution is -2.32. The number of hydrogen-bond donors (Lipinski definition) is 1. The van der Waals surface area contributed by atoms with Gasteiger partial charge in [0.1, 0.15) is 0 Å². The molecule has 1 N–H and O–H groups in total. The van der Waals surface area contributed by atoms with Crippen molar-refractivity contribution in [1.29, 1.82) is 0 Å². The summed E-state index contributed by atoms with van der Waals surface area (Å²) in [6, 6.07) is 0.163. The van der Waals surface area contributed by atoms with E-state index in [2.05, 4.69) is 31.1 Å². The summed E-state index contributed by atoms with van der Waals surface area (Å²) >= 11 is 1.74. The van der Waals surface area contributed by atoms with Crippen LogP contribution in [0.5, 0.6) is 0 Å². The molecule has 0 aliphatic carbocycles. The Hall–Kier alpha value is -0.460. The molecule has 20 heavy (non-hydrogen) atoms. The molecule has 1 aromatic rings. The third-order valence-electron chi connectivity index (χ3n) is 3.85. The first kappa shape index (κ1) is 15.9. The number of sulfone groups is 1. The van der Waals surface area contributed by atoms with Crippen molar-refractivity contribution in [3.63, 3.8) is 0 Å². The number of rotatable bonds is 5. The normalized spacial score (nSPS) is 23.4. The average Bonchev–Trinajstić information content (AvgIpc) is 2.89. The van der Waals surface area contributed by atoms with Crippen LogP contribution in [-0.4, -0.2) is 30.9 Å². The lowest BCUT2D eigenvalue weighted by molar-refractivity contribution is 0.541. The highest BCUT2D eigenvalue weighted by molar-refractivity contribution is 7.92. The van der Waals surface area contributed by atoms with Gasteiger partial charge in [0.15, 0.2) is 9.84 Å². The zero-order chi connectivity index (χ0) is 14.9. The minimum Gasteiger partial charge on any atom is -0.308 e. The van der Waals surface area contributed by atoms with Gasteiger partial charge in [0.25, 0.3) is 0 Å². The Labute approximate surface area is 125 Å². The van der Waals surface area contributed by atoms with Gasteiger partial charge in [-0.1, -0.05) is 13.8 Å². The molecular weight excluding hydrogens is 292 g/mol. The highest BCUT2D eigenvalue weighted by Crippen LogP contribution is 2.29. The van der Waals surface area contributed by atoms with Gasteiger partial charge in [-0.15, -0.1) is 11.3 Å². The van der Waals surface area contributed by atoms with Crippen LogP contribution in [0.3, 0.4) is 0 Å². The molecule has 1 fully saturated rings. The van der Waals surface area contributed by atoms with Crippen molar-refractivity contribution < 1.29 is 8.42 Å². The predicted octanol–water partition coefficient (Wildman–Crippen LogP) is 2.80. The van der Waals surface area contributed by atoms with Crippen molar-refractivity contribution in [3.8, 4) is 0 Å². The molecular formula is C14H24N2O2S2. The second kappa shape index (κ2) is 6.12. The molecule has 0 unspecified atom stereocenters. The van der Waals surface area contributed by atoms with Gasteiger partial charge >= 0.3 is 0 Å². The molecule has 4 nitrogen and oxygen atoms in total. The Balaban J connectivity index is 2.00. The number of aryl methyl sites for hydroxylation is 1. The third-order valence-corrected chi connectivity index (χ3v) is 7.77. The maximum atomic E-state index is 11.8. The van der Waals surface area contributed by atoms with Gasteiger partial charge in [-0.2, -0.15) is 0 Å². The molecule has 1 aliphatic heterocycles. The fourth-order valence-electron chi connectivity index (χ4n) is 2.57. The second-order valence-corrected chi connectivity index (χ2v) is 9.38. The van der Waals surface area contributed by atoms with Crippen molar-refractivity contribution in [2.24, 2.45) is 0 Å². The number of nitrogens with zero attached hydrogens (tertiary/aromatic N) is 1. The standard InChI is InChI=1S/C14H24N2O2S2/c1-9(2)14-16-11(4)13(19-14)10(3)15-8-12-6-5-7-20(12,17)18/h9-10,12,15H,5-8H2,1-4H3/t10-,12-/m0/s1. The van der Waals surface area contributed by atoms with Gasteiger partial charge in [0, 0.05) is 23.4 Å². The minimum absolute atomic E-state index is 0.163. The molecule has 2 heterocycles. The quantitative estimate of drug-likeness (QED) is 0.907. The van der Waals surface area contributed by atoms with E-state index in [1.54, 1.807) is 11.3 Å². The molecule has 0 bridgehead atoms. The smallest absolute Gasteiger partial charge is 0.154 e. The largest absolute Gasteiger partial charge is 0.308 e. The van der Waals surface area contributed by atoms with Crippen molar-refractivity contribution in [2.75, 3.05) is 12.3 Å². The summed E-state index contributed by atoms with van der Waals surface area (Å²) in [7, 11) is -2.86. The van der Waals surface area contributed by atoms with Crippen molar-refractivity contribution in [2.45, 2.75) is 57.7 Å². The maximum absolute atomic E-state index is 11.8. The molecule has 0 aromatic carbocycles. The van der Waals surface area contributed by atoms with E-state index in [1.807, 2.05) is 6.92 Å². The topological polar surface area (TPSA) is 59.1 Å². The summed E-state index contributed by atoms with van der Waals surface area (Å²) in [5, 5.41) is 4.33. The minimum atomic E-state index is -2.86. The highest BCUT2D eigenvalue weighted by atomic mass is 32.2. The Morgan fingerprint density at radius 3 is 2.60 bits per heavy atom. The van der Waals surface area contributed by atoms with Gasteiger partial charge in [-0.3, -0.25) is 0 Å². The van der Waals surface area contributed by atoms with Crippen LogP contribution in [0.25, 0.3) is 0 Å². The van der Waals surface area contributed by atoms with Crippen LogP contribution in [0.4, 0.5) is 0 Å². The first-order valence-corrected chi connectivity index (χ1v) is 9.76. The van der Waals surface area contributed by atoms with E-state index in [1.165, 1.54) is 4.88 Å². The van der Waals surface area contributed by atoms with Crippen molar-refractivity contribution in [3.05, 3.63) is 15.6 Å². The molecule has 114 valence electrons. The van der Waals surface area contributed by atoms with Gasteiger partial charge in [-0.05, 0) is 26.7 Å². The Bertz CT molecular complexity index is 564. The van der Waals surface area contributed by atoms with E-state index in [9.17, 15) is 8.42 Å². The summed E-state index contributed by atoms with van der Waals surface area (Å²) in [6.07, 6.45) is 1.60. The van der Waals surface area contributed by atoms with E-state index in [-0.39, 0.29) is 11.3 Å². The first-order chi connectivity index (χ1) is 9.31. The lowest BCUT2D eigenvalue weighted by atomic mass is 10.2. The van der Waals surface area contributed by atoms with E-state index < -0.39 is 9.84 Å². The molecule has 1 aliphatic rings. The monoisotopic (exact) mass is 316 g/mol. The summed E-state index contributed by atoms with van der Waals surface area (Å²) in [5.41, 5.74) is 1.06. The Morgan fingerprint density at radius 1 is 1.40 bits per heavy atom. The molecule has 6 heteroatoms. The van der Waals surface area contributed by atoms with E-state index in [0.29, 0.717) is 18.2 Å². The SMILES string of the molecule is Cc1nc(C(C)C)sc1[C@H](C)NC[C@@H]1CCCS1(=O)=O. The number of hydrogen-bond acceptors (Lipinski definition) is 5. The number of nitrogens with one attached hydrogen (secondary N) is 1. The Morgan fingerprint density at radius 2 is 2.10 bits per heavy atom. The van der Waals surface area contributed by atoms with Gasteiger partial charge in [-0.25, -0.2) is 13.4 Å². The molecule has 0 saturated carbocycles. The van der Waals surface area contributed by atoms with Crippen LogP contribution in [0.15, 0.2) is 0 Å². The van der Waals surface area contributed by atoms with Crippen LogP contribution >= 0.6 is 11.3 Å². The van der Waals surface area contributed by atoms with Gasteiger partial charge in [0.05, 0.1) is 21.7 Å². The molecule has 0 amide bonds. The summed E-state index contributed by atoms with van der Waals surface area (Å²) < 4.78 is 23.6. The summed E-state index contributed by atoms with van der Waals surface area (Å²) in [5.74, 6) is 0.792. The van der Waals surface area contributed by atoms with E-state index in [0.717, 1.165) is 23.5 Å². The first-order valence-electron chi connectivity index (χ1n) is 7.23. The number of aromatic nitrogens is 1. The van der Waals surface area contributed by atoms with Crippen molar-refractivity contribution in [1.82, 2.24) is 10.3 Å². The summed E-state index contributed by atoms with van der Waals surface area (Å²) in [4.78, 5) is 5.83. The van der Waals surface area contributed by atoms with Gasteiger partial charge in [0.2, 0.25) is 0 Å². The van der Waals surface area contributed by atoms with Crippen LogP contribution in [0.1, 0.15) is 61.2 Å². The molecule has 1 aromatic heterocycles. The van der Waals surface area contributed by atoms with Crippen LogP contribution in [0.2, 0.25) is 0 Å². The summed E-state index contributed by atoms with van der Waals surface area (Å²) in [6.45, 7) is 8.96. The average molecular weight is 316 g/mol. The number of thiazole rings is 1. The van der Waals surface area contributed by atoms with Crippen molar-refractivity contribution >= 4 is 21.2 Å². The van der Waals surface area contributed by atoms with Crippen LogP contribution < -0.4 is 5.32 Å². The second-order valence-electron chi connectivity index (χ2n) is 5.92. The van der Waals surface area contributed by atoms with Gasteiger partial charge < -0.3 is 5.32 Å². The molecule has 0 radical (unpaired) electrons. The van der Waals surface area contributed by atoms with Crippen LogP contribution in [-0.2, 0) is 9.84 Å². The fraction of sp³-hybridized carbons (Fsp3) is 0.786. The fourth-order valence-corrected chi connectivity index (χ4v) is 5.44. The lowest BCUT2D eigenvalue weighted by Gasteiger charge is -2.16. The highest BCUT2D eigenvalue weighted by Gasteiger charge is 2.31. The molecule has 1 saturated heterocycles. The molecule has 2 atom stereocenters. The van der Waals surface area contributed by atoms with E-state index >= 15 is 0 Å². The Kier molecular flexibility index (Phi) is 4.87. The van der Waals surface area contributed by atoms with Crippen LogP contribution in [0, 0.1) is 6.92 Å². The third kappa shape index (κ3) is 3.40. The molecule has 0 spiro atoms. The van der Waals surface area contributed by atoms with E-state index in [4.69, 9.17) is 0 Å². The molecule has 2 rings (SSSR count).